The van der Waals surface area contributed by atoms with Crippen molar-refractivity contribution in [3.63, 3.8) is 0 Å². The predicted octanol–water partition coefficient (Wildman–Crippen LogP) is 3.23. The summed E-state index contributed by atoms with van der Waals surface area (Å²) < 4.78 is 1.89. The Labute approximate surface area is 113 Å². The Hall–Kier alpha value is -1.32. The van der Waals surface area contributed by atoms with Crippen LogP contribution in [0.2, 0.25) is 5.15 Å². The minimum Gasteiger partial charge on any atom is -0.321 e. The van der Waals surface area contributed by atoms with E-state index in [1.807, 2.05) is 11.6 Å². The molecule has 2 aromatic rings. The molecule has 0 spiro atoms. The van der Waals surface area contributed by atoms with Crippen molar-refractivity contribution in [1.29, 1.82) is 0 Å². The van der Waals surface area contributed by atoms with E-state index in [0.29, 0.717) is 17.7 Å². The van der Waals surface area contributed by atoms with E-state index in [1.54, 1.807) is 6.20 Å². The Morgan fingerprint density at radius 2 is 2.22 bits per heavy atom. The largest absolute Gasteiger partial charge is 0.321 e. The second-order valence-electron chi connectivity index (χ2n) is 4.57. The van der Waals surface area contributed by atoms with E-state index < -0.39 is 0 Å². The third kappa shape index (κ3) is 2.92. The van der Waals surface area contributed by atoms with Crippen LogP contribution in [0.25, 0.3) is 0 Å². The molecule has 2 rings (SSSR count). The number of rotatable bonds is 4. The Morgan fingerprint density at radius 1 is 1.44 bits per heavy atom. The van der Waals surface area contributed by atoms with Crippen LogP contribution in [-0.4, -0.2) is 9.55 Å². The fraction of sp³-hybridized carbons (Fsp3) is 0.357. The molecule has 0 saturated carbocycles. The molecule has 96 valence electrons. The van der Waals surface area contributed by atoms with Gasteiger partial charge in [0.2, 0.25) is 0 Å². The van der Waals surface area contributed by atoms with Gasteiger partial charge in [0.25, 0.3) is 0 Å². The number of nitrogens with one attached hydrogen (secondary N) is 1. The Balaban J connectivity index is 2.00. The molecule has 0 bridgehead atoms. The molecule has 1 atom stereocenters. The minimum atomic E-state index is 0.292. The number of hydrogen-bond donors (Lipinski definition) is 1. The van der Waals surface area contributed by atoms with E-state index >= 15 is 0 Å². The van der Waals surface area contributed by atoms with E-state index in [-0.39, 0.29) is 0 Å². The molecular weight excluding hydrogens is 246 g/mol. The van der Waals surface area contributed by atoms with E-state index in [1.165, 1.54) is 11.1 Å². The summed E-state index contributed by atoms with van der Waals surface area (Å²) >= 11 is 5.96. The lowest BCUT2D eigenvalue weighted by Gasteiger charge is -2.14. The SMILES string of the molecule is Cc1cccc([C@@H](C)NCc2ncc(Cl)n2C)c1. The monoisotopic (exact) mass is 263 g/mol. The van der Waals surface area contributed by atoms with Crippen molar-refractivity contribution in [2.24, 2.45) is 7.05 Å². The zero-order valence-corrected chi connectivity index (χ0v) is 11.7. The first kappa shape index (κ1) is 13.1. The van der Waals surface area contributed by atoms with E-state index in [4.69, 9.17) is 11.6 Å². The predicted molar refractivity (Wildman–Crippen MR) is 74.7 cm³/mol. The number of imidazole rings is 1. The zero-order chi connectivity index (χ0) is 13.1. The van der Waals surface area contributed by atoms with Crippen molar-refractivity contribution in [2.45, 2.75) is 26.4 Å². The fourth-order valence-corrected chi connectivity index (χ4v) is 2.04. The van der Waals surface area contributed by atoms with Gasteiger partial charge in [-0.2, -0.15) is 0 Å². The summed E-state index contributed by atoms with van der Waals surface area (Å²) in [5.41, 5.74) is 2.57. The maximum Gasteiger partial charge on any atom is 0.128 e. The molecule has 0 aliphatic carbocycles. The minimum absolute atomic E-state index is 0.292. The zero-order valence-electron chi connectivity index (χ0n) is 10.9. The highest BCUT2D eigenvalue weighted by atomic mass is 35.5. The highest BCUT2D eigenvalue weighted by molar-refractivity contribution is 6.29. The number of nitrogens with zero attached hydrogens (tertiary/aromatic N) is 2. The van der Waals surface area contributed by atoms with Gasteiger partial charge in [0.05, 0.1) is 12.7 Å². The van der Waals surface area contributed by atoms with Crippen LogP contribution >= 0.6 is 11.6 Å². The highest BCUT2D eigenvalue weighted by Crippen LogP contribution is 2.15. The van der Waals surface area contributed by atoms with Crippen molar-refractivity contribution in [1.82, 2.24) is 14.9 Å². The van der Waals surface area contributed by atoms with E-state index in [0.717, 1.165) is 5.82 Å². The summed E-state index contributed by atoms with van der Waals surface area (Å²) in [6.45, 7) is 4.96. The van der Waals surface area contributed by atoms with Gasteiger partial charge in [-0.3, -0.25) is 0 Å². The van der Waals surface area contributed by atoms with Crippen LogP contribution in [0.5, 0.6) is 0 Å². The molecular formula is C14H18ClN3. The number of aryl methyl sites for hydroxylation is 1. The van der Waals surface area contributed by atoms with E-state index in [2.05, 4.69) is 48.4 Å². The first-order valence-electron chi connectivity index (χ1n) is 6.04. The van der Waals surface area contributed by atoms with Crippen LogP contribution in [0.3, 0.4) is 0 Å². The Bertz CT molecular complexity index is 534. The third-order valence-corrected chi connectivity index (χ3v) is 3.49. The molecule has 0 unspecified atom stereocenters. The average molecular weight is 264 g/mol. The molecule has 0 aliphatic heterocycles. The molecule has 1 heterocycles. The van der Waals surface area contributed by atoms with E-state index in [9.17, 15) is 0 Å². The number of halogens is 1. The molecule has 18 heavy (non-hydrogen) atoms. The number of aromatic nitrogens is 2. The summed E-state index contributed by atoms with van der Waals surface area (Å²) in [7, 11) is 1.92. The molecule has 0 fully saturated rings. The maximum atomic E-state index is 5.96. The van der Waals surface area contributed by atoms with Gasteiger partial charge < -0.3 is 9.88 Å². The number of benzene rings is 1. The summed E-state index contributed by atoms with van der Waals surface area (Å²) in [6.07, 6.45) is 1.68. The molecule has 1 aromatic carbocycles. The summed E-state index contributed by atoms with van der Waals surface area (Å²) in [5, 5.41) is 4.12. The first-order chi connectivity index (χ1) is 8.58. The standard InChI is InChI=1S/C14H18ClN3/c1-10-5-4-6-12(7-10)11(2)16-9-14-17-8-13(15)18(14)3/h4-8,11,16H,9H2,1-3H3/t11-/m1/s1. The summed E-state index contributed by atoms with van der Waals surface area (Å²) in [6, 6.07) is 8.81. The lowest BCUT2D eigenvalue weighted by molar-refractivity contribution is 0.549. The molecule has 1 N–H and O–H groups in total. The maximum absolute atomic E-state index is 5.96. The average Bonchev–Trinajstić information content (AvgIpc) is 2.67. The van der Waals surface area contributed by atoms with Gasteiger partial charge in [-0.15, -0.1) is 0 Å². The first-order valence-corrected chi connectivity index (χ1v) is 6.42. The summed E-state index contributed by atoms with van der Waals surface area (Å²) in [4.78, 5) is 4.27. The van der Waals surface area contributed by atoms with Crippen molar-refractivity contribution in [3.8, 4) is 0 Å². The van der Waals surface area contributed by atoms with Crippen molar-refractivity contribution in [2.75, 3.05) is 0 Å². The lowest BCUT2D eigenvalue weighted by atomic mass is 10.1. The molecule has 0 radical (unpaired) electrons. The van der Waals surface area contributed by atoms with Crippen molar-refractivity contribution in [3.05, 3.63) is 52.6 Å². The van der Waals surface area contributed by atoms with Gasteiger partial charge >= 0.3 is 0 Å². The van der Waals surface area contributed by atoms with Gasteiger partial charge in [-0.25, -0.2) is 4.98 Å². The fourth-order valence-electron chi connectivity index (χ4n) is 1.89. The van der Waals surface area contributed by atoms with Gasteiger partial charge in [0.15, 0.2) is 0 Å². The molecule has 1 aromatic heterocycles. The smallest absolute Gasteiger partial charge is 0.128 e. The molecule has 0 saturated heterocycles. The van der Waals surface area contributed by atoms with Gasteiger partial charge in [0.1, 0.15) is 11.0 Å². The van der Waals surface area contributed by atoms with Crippen molar-refractivity contribution >= 4 is 11.6 Å². The van der Waals surface area contributed by atoms with Crippen LogP contribution in [0, 0.1) is 6.92 Å². The Morgan fingerprint density at radius 3 is 2.83 bits per heavy atom. The van der Waals surface area contributed by atoms with Crippen LogP contribution in [-0.2, 0) is 13.6 Å². The van der Waals surface area contributed by atoms with Crippen LogP contribution < -0.4 is 5.32 Å². The van der Waals surface area contributed by atoms with Crippen LogP contribution in [0.4, 0.5) is 0 Å². The van der Waals surface area contributed by atoms with Gasteiger partial charge in [-0.1, -0.05) is 41.4 Å². The molecule has 0 aliphatic rings. The lowest BCUT2D eigenvalue weighted by Crippen LogP contribution is -2.20. The normalized spacial score (nSPS) is 12.7. The highest BCUT2D eigenvalue weighted by Gasteiger charge is 2.08. The molecule has 0 amide bonds. The van der Waals surface area contributed by atoms with Crippen molar-refractivity contribution < 1.29 is 0 Å². The molecule has 4 heteroatoms. The van der Waals surface area contributed by atoms with Crippen LogP contribution in [0.15, 0.2) is 30.5 Å². The Kier molecular flexibility index (Phi) is 4.04. The topological polar surface area (TPSA) is 29.9 Å². The number of hydrogen-bond acceptors (Lipinski definition) is 2. The quantitative estimate of drug-likeness (QED) is 0.918. The second-order valence-corrected chi connectivity index (χ2v) is 4.96. The second kappa shape index (κ2) is 5.55. The van der Waals surface area contributed by atoms with Crippen LogP contribution in [0.1, 0.15) is 29.9 Å². The van der Waals surface area contributed by atoms with Gasteiger partial charge in [0, 0.05) is 13.1 Å². The molecule has 3 nitrogen and oxygen atoms in total. The third-order valence-electron chi connectivity index (χ3n) is 3.14. The summed E-state index contributed by atoms with van der Waals surface area (Å²) in [5.74, 6) is 0.944. The van der Waals surface area contributed by atoms with Gasteiger partial charge in [-0.05, 0) is 19.4 Å².